The van der Waals surface area contributed by atoms with Crippen molar-refractivity contribution in [3.05, 3.63) is 106 Å². The van der Waals surface area contributed by atoms with Gasteiger partial charge in [-0.1, -0.05) is 77.5 Å². The molecule has 38 heavy (non-hydrogen) atoms. The van der Waals surface area contributed by atoms with Crippen molar-refractivity contribution < 1.29 is 19.4 Å². The van der Waals surface area contributed by atoms with Crippen LogP contribution in [0.2, 0.25) is 0 Å². The third kappa shape index (κ3) is 6.54. The Balaban J connectivity index is 1.58. The fourth-order valence-electron chi connectivity index (χ4n) is 3.97. The van der Waals surface area contributed by atoms with Crippen LogP contribution < -0.4 is 16.4 Å². The number of nitrogen functional groups attached to an aromatic ring is 1. The lowest BCUT2D eigenvalue weighted by molar-refractivity contribution is -0.111. The van der Waals surface area contributed by atoms with E-state index in [9.17, 15) is 14.7 Å². The second-order valence-electron chi connectivity index (χ2n) is 8.60. The third-order valence-electron chi connectivity index (χ3n) is 5.87. The molecule has 4 rings (SSSR count). The lowest BCUT2D eigenvalue weighted by Crippen LogP contribution is -2.22. The van der Waals surface area contributed by atoms with Crippen LogP contribution in [0.3, 0.4) is 0 Å². The lowest BCUT2D eigenvalue weighted by Gasteiger charge is -2.24. The number of fused-ring (bicyclic) bond motifs is 1. The van der Waals surface area contributed by atoms with Gasteiger partial charge in [-0.2, -0.15) is 0 Å². The zero-order chi connectivity index (χ0) is 27.2. The normalized spacial score (nSPS) is 12.7. The number of hydrogen-bond donors (Lipinski definition) is 4. The molecule has 0 spiro atoms. The molecule has 4 aromatic carbocycles. The smallest absolute Gasteiger partial charge is 0.412 e. The van der Waals surface area contributed by atoms with E-state index in [4.69, 9.17) is 10.5 Å². The average Bonchev–Trinajstić information content (AvgIpc) is 2.89. The maximum absolute atomic E-state index is 13.1. The van der Waals surface area contributed by atoms with Crippen molar-refractivity contribution in [3.8, 4) is 5.75 Å². The predicted octanol–water partition coefficient (Wildman–Crippen LogP) is 7.77. The number of phenols is 1. The van der Waals surface area contributed by atoms with Gasteiger partial charge in [0, 0.05) is 21.3 Å². The van der Waals surface area contributed by atoms with E-state index < -0.39 is 24.0 Å². The number of carbonyl (C=O) groups is 2. The number of nitrogens with one attached hydrogen (secondary N) is 2. The van der Waals surface area contributed by atoms with Crippen molar-refractivity contribution in [2.24, 2.45) is 5.92 Å². The molecule has 9 heteroatoms. The number of carbonyl (C=O) groups excluding carboxylic acids is 2. The Labute approximate surface area is 236 Å². The number of rotatable bonds is 7. The van der Waals surface area contributed by atoms with Crippen molar-refractivity contribution in [2.45, 2.75) is 13.0 Å². The first-order valence-corrected chi connectivity index (χ1v) is 13.3. The number of phenolic OH excluding ortho intramolecular Hbond substituents is 1. The summed E-state index contributed by atoms with van der Waals surface area (Å²) in [6, 6.07) is 23.5. The van der Waals surface area contributed by atoms with Crippen LogP contribution in [0.15, 0.2) is 100.0 Å². The number of halogens is 2. The standard InChI is InChI=1S/C29H25Br2N3O4/c1-17(13-14-26(35)33-25-11-5-4-10-23(25)32)28(21-15-19(30)16-22(31)27(21)36)38-29(37)34-24-12-6-8-18-7-2-3-9-20(18)24/h2-17,28,36H,32H2,1H3,(H,33,35)(H,34,37)/b14-13+/t17-,28+/m0/s1. The number of nitrogens with two attached hydrogens (primary N) is 1. The number of aromatic hydroxyl groups is 1. The highest BCUT2D eigenvalue weighted by Gasteiger charge is 2.27. The maximum atomic E-state index is 13.1. The Morgan fingerprint density at radius 1 is 0.947 bits per heavy atom. The molecule has 0 aliphatic carbocycles. The van der Waals surface area contributed by atoms with Crippen molar-refractivity contribution in [1.29, 1.82) is 0 Å². The topological polar surface area (TPSA) is 114 Å². The van der Waals surface area contributed by atoms with E-state index in [1.165, 1.54) is 6.08 Å². The summed E-state index contributed by atoms with van der Waals surface area (Å²) in [4.78, 5) is 25.6. The highest BCUT2D eigenvalue weighted by Crippen LogP contribution is 2.40. The Morgan fingerprint density at radius 2 is 1.63 bits per heavy atom. The molecule has 0 heterocycles. The Morgan fingerprint density at radius 3 is 2.42 bits per heavy atom. The Hall–Kier alpha value is -3.82. The van der Waals surface area contributed by atoms with Crippen molar-refractivity contribution >= 4 is 71.7 Å². The highest BCUT2D eigenvalue weighted by atomic mass is 79.9. The second kappa shape index (κ2) is 12.1. The van der Waals surface area contributed by atoms with Gasteiger partial charge in [0.1, 0.15) is 11.9 Å². The van der Waals surface area contributed by atoms with Gasteiger partial charge in [0.2, 0.25) is 5.91 Å². The Bertz CT molecular complexity index is 1520. The van der Waals surface area contributed by atoms with Gasteiger partial charge in [0.25, 0.3) is 0 Å². The molecular weight excluding hydrogens is 614 g/mol. The van der Waals surface area contributed by atoms with E-state index in [1.807, 2.05) is 36.4 Å². The van der Waals surface area contributed by atoms with Crippen LogP contribution in [0.5, 0.6) is 5.75 Å². The van der Waals surface area contributed by atoms with E-state index in [0.717, 1.165) is 10.8 Å². The van der Waals surface area contributed by atoms with Gasteiger partial charge in [-0.15, -0.1) is 0 Å². The van der Waals surface area contributed by atoms with Gasteiger partial charge in [0.15, 0.2) is 0 Å². The molecule has 0 unspecified atom stereocenters. The van der Waals surface area contributed by atoms with Crippen LogP contribution in [0, 0.1) is 5.92 Å². The molecule has 2 atom stereocenters. The van der Waals surface area contributed by atoms with Gasteiger partial charge in [0.05, 0.1) is 21.5 Å². The minimum Gasteiger partial charge on any atom is -0.506 e. The highest BCUT2D eigenvalue weighted by molar-refractivity contribution is 9.11. The first-order valence-electron chi connectivity index (χ1n) is 11.7. The summed E-state index contributed by atoms with van der Waals surface area (Å²) in [5, 5.41) is 18.2. The van der Waals surface area contributed by atoms with Crippen LogP contribution in [0.1, 0.15) is 18.6 Å². The van der Waals surface area contributed by atoms with Crippen molar-refractivity contribution in [1.82, 2.24) is 0 Å². The van der Waals surface area contributed by atoms with Gasteiger partial charge < -0.3 is 20.9 Å². The van der Waals surface area contributed by atoms with Crippen LogP contribution >= 0.6 is 31.9 Å². The van der Waals surface area contributed by atoms with Crippen molar-refractivity contribution in [2.75, 3.05) is 16.4 Å². The summed E-state index contributed by atoms with van der Waals surface area (Å²) >= 11 is 6.76. The summed E-state index contributed by atoms with van der Waals surface area (Å²) in [7, 11) is 0. The number of amides is 2. The molecule has 7 nitrogen and oxygen atoms in total. The van der Waals surface area contributed by atoms with Crippen LogP contribution in [0.25, 0.3) is 10.8 Å². The largest absolute Gasteiger partial charge is 0.506 e. The zero-order valence-corrected chi connectivity index (χ0v) is 23.5. The minimum atomic E-state index is -0.926. The molecule has 0 aliphatic heterocycles. The summed E-state index contributed by atoms with van der Waals surface area (Å²) in [6.45, 7) is 1.78. The summed E-state index contributed by atoms with van der Waals surface area (Å²) in [6.07, 6.45) is 1.33. The number of ether oxygens (including phenoxy) is 1. The molecule has 2 amide bonds. The van der Waals surface area contributed by atoms with Gasteiger partial charge in [-0.25, -0.2) is 4.79 Å². The molecule has 0 radical (unpaired) electrons. The molecule has 0 saturated heterocycles. The van der Waals surface area contributed by atoms with Crippen molar-refractivity contribution in [3.63, 3.8) is 0 Å². The quantitative estimate of drug-likeness (QED) is 0.122. The number of anilines is 3. The van der Waals surface area contributed by atoms with Crippen LogP contribution in [-0.4, -0.2) is 17.1 Å². The molecule has 5 N–H and O–H groups in total. The van der Waals surface area contributed by atoms with E-state index in [1.54, 1.807) is 55.5 Å². The second-order valence-corrected chi connectivity index (χ2v) is 10.4. The monoisotopic (exact) mass is 637 g/mol. The molecular formula is C29H25Br2N3O4. The average molecular weight is 639 g/mol. The van der Waals surface area contributed by atoms with E-state index in [2.05, 4.69) is 42.5 Å². The van der Waals surface area contributed by atoms with Crippen LogP contribution in [0.4, 0.5) is 21.9 Å². The fraction of sp³-hybridized carbons (Fsp3) is 0.103. The summed E-state index contributed by atoms with van der Waals surface area (Å²) in [5.41, 5.74) is 7.80. The molecule has 194 valence electrons. The molecule has 0 bridgehead atoms. The molecule has 0 fully saturated rings. The maximum Gasteiger partial charge on any atom is 0.412 e. The summed E-state index contributed by atoms with van der Waals surface area (Å²) in [5.74, 6) is -0.967. The number of benzene rings is 4. The van der Waals surface area contributed by atoms with E-state index in [-0.39, 0.29) is 5.75 Å². The molecule has 0 saturated carbocycles. The lowest BCUT2D eigenvalue weighted by atomic mass is 9.96. The van der Waals surface area contributed by atoms with Gasteiger partial charge >= 0.3 is 6.09 Å². The fourth-order valence-corrected chi connectivity index (χ4v) is 5.23. The molecule has 0 aliphatic rings. The SMILES string of the molecule is C[C@@H](/C=C/C(=O)Nc1ccccc1N)[C@@H](OC(=O)Nc1cccc2ccccc12)c1cc(Br)cc(Br)c1O. The van der Waals surface area contributed by atoms with E-state index in [0.29, 0.717) is 31.6 Å². The zero-order valence-electron chi connectivity index (χ0n) is 20.3. The minimum absolute atomic E-state index is 0.0714. The number of para-hydroxylation sites is 2. The number of hydrogen-bond acceptors (Lipinski definition) is 5. The van der Waals surface area contributed by atoms with Gasteiger partial charge in [-0.05, 0) is 57.7 Å². The molecule has 0 aromatic heterocycles. The first-order chi connectivity index (χ1) is 18.2. The first kappa shape index (κ1) is 27.2. The third-order valence-corrected chi connectivity index (χ3v) is 6.93. The Kier molecular flexibility index (Phi) is 8.70. The summed E-state index contributed by atoms with van der Waals surface area (Å²) < 4.78 is 6.96. The van der Waals surface area contributed by atoms with E-state index >= 15 is 0 Å². The predicted molar refractivity (Wildman–Crippen MR) is 158 cm³/mol. The molecule has 4 aromatic rings. The van der Waals surface area contributed by atoms with Gasteiger partial charge in [-0.3, -0.25) is 10.1 Å². The van der Waals surface area contributed by atoms with Crippen LogP contribution in [-0.2, 0) is 9.53 Å².